The van der Waals surface area contributed by atoms with Gasteiger partial charge in [-0.3, -0.25) is 0 Å². The minimum absolute atomic E-state index is 0.0384. The summed E-state index contributed by atoms with van der Waals surface area (Å²) in [5.41, 5.74) is 0. The SMILES string of the molecule is OCCCC[O][Sb]([O]CCCCO)([O]CCCCO)([O]CCCCO)[O]CCCCO. The molecule has 0 saturated heterocycles. The van der Waals surface area contributed by atoms with Gasteiger partial charge in [0.05, 0.1) is 0 Å². The molecule has 5 N–H and O–H groups in total. The van der Waals surface area contributed by atoms with Crippen molar-refractivity contribution in [3.8, 4) is 0 Å². The van der Waals surface area contributed by atoms with Crippen LogP contribution in [0.5, 0.6) is 0 Å². The monoisotopic (exact) mass is 566 g/mol. The molecule has 0 aromatic heterocycles. The molecule has 190 valence electrons. The van der Waals surface area contributed by atoms with Gasteiger partial charge in [0, 0.05) is 0 Å². The van der Waals surface area contributed by atoms with Crippen LogP contribution in [0.4, 0.5) is 0 Å². The Bertz CT molecular complexity index is 302. The van der Waals surface area contributed by atoms with E-state index in [4.69, 9.17) is 40.6 Å². The van der Waals surface area contributed by atoms with E-state index in [1.807, 2.05) is 0 Å². The second-order valence-corrected chi connectivity index (χ2v) is 15.0. The van der Waals surface area contributed by atoms with Gasteiger partial charge in [-0.15, -0.1) is 0 Å². The number of aliphatic hydroxyl groups excluding tert-OH is 5. The first-order chi connectivity index (χ1) is 15.1. The van der Waals surface area contributed by atoms with Crippen LogP contribution in [0, 0.1) is 0 Å². The van der Waals surface area contributed by atoms with Crippen molar-refractivity contribution in [3.05, 3.63) is 0 Å². The third-order valence-corrected chi connectivity index (χ3v) is 12.9. The van der Waals surface area contributed by atoms with E-state index in [1.165, 1.54) is 0 Å². The van der Waals surface area contributed by atoms with Crippen LogP contribution in [0.2, 0.25) is 0 Å². The molecule has 0 aliphatic carbocycles. The molecule has 11 heteroatoms. The van der Waals surface area contributed by atoms with Gasteiger partial charge >= 0.3 is 190 Å². The Morgan fingerprint density at radius 2 is 0.516 bits per heavy atom. The van der Waals surface area contributed by atoms with Crippen LogP contribution < -0.4 is 0 Å². The van der Waals surface area contributed by atoms with Crippen molar-refractivity contribution in [1.29, 1.82) is 0 Å². The van der Waals surface area contributed by atoms with Crippen molar-refractivity contribution in [2.24, 2.45) is 0 Å². The Labute approximate surface area is 190 Å². The summed E-state index contributed by atoms with van der Waals surface area (Å²) in [5.74, 6) is 0. The maximum atomic E-state index is 9.10. The van der Waals surface area contributed by atoms with Crippen molar-refractivity contribution in [2.75, 3.05) is 66.1 Å². The quantitative estimate of drug-likeness (QED) is 0.0794. The van der Waals surface area contributed by atoms with Crippen molar-refractivity contribution in [1.82, 2.24) is 0 Å². The summed E-state index contributed by atoms with van der Waals surface area (Å²) in [5, 5.41) is 45.5. The van der Waals surface area contributed by atoms with Crippen molar-refractivity contribution in [2.45, 2.75) is 64.2 Å². The van der Waals surface area contributed by atoms with Crippen LogP contribution >= 0.6 is 0 Å². The number of hydrogen-bond acceptors (Lipinski definition) is 10. The third-order valence-electron chi connectivity index (χ3n) is 4.27. The predicted octanol–water partition coefficient (Wildman–Crippen LogP) is 0.818. The summed E-state index contributed by atoms with van der Waals surface area (Å²) in [6.45, 7) is 1.31. The van der Waals surface area contributed by atoms with E-state index in [9.17, 15) is 0 Å². The Balaban J connectivity index is 5.60. The maximum absolute atomic E-state index is 9.10. The minimum atomic E-state index is -5.52. The summed E-state index contributed by atoms with van der Waals surface area (Å²) >= 11 is -5.52. The van der Waals surface area contributed by atoms with Crippen molar-refractivity contribution < 1.29 is 40.6 Å². The van der Waals surface area contributed by atoms with Gasteiger partial charge in [0.15, 0.2) is 0 Å². The molecular formula is C20H45O10Sb. The normalized spacial score (nSPS) is 13.4. The van der Waals surface area contributed by atoms with Gasteiger partial charge in [-0.2, -0.15) is 0 Å². The molecule has 0 bridgehead atoms. The summed E-state index contributed by atoms with van der Waals surface area (Å²) in [4.78, 5) is 0. The molecule has 0 rings (SSSR count). The first-order valence-electron chi connectivity index (χ1n) is 11.4. The third kappa shape index (κ3) is 15.0. The average Bonchev–Trinajstić information content (AvgIpc) is 2.78. The second-order valence-electron chi connectivity index (χ2n) is 7.07. The molecular weight excluding hydrogens is 522 g/mol. The standard InChI is InChI=1S/5C4H9O2.Sb/c5*5-3-1-2-4-6;/h5*5H,1-4H2;/q5*-1;+5. The van der Waals surface area contributed by atoms with E-state index in [2.05, 4.69) is 0 Å². The van der Waals surface area contributed by atoms with Gasteiger partial charge in [0.25, 0.3) is 0 Å². The fourth-order valence-electron chi connectivity index (χ4n) is 2.51. The molecule has 0 heterocycles. The van der Waals surface area contributed by atoms with Crippen LogP contribution in [0.25, 0.3) is 0 Å². The Morgan fingerprint density at radius 3 is 0.677 bits per heavy atom. The molecule has 31 heavy (non-hydrogen) atoms. The number of hydrogen-bond donors (Lipinski definition) is 5. The van der Waals surface area contributed by atoms with Crippen LogP contribution in [-0.2, 0) is 15.1 Å². The molecule has 0 fully saturated rings. The van der Waals surface area contributed by atoms with Crippen molar-refractivity contribution in [3.63, 3.8) is 0 Å². The van der Waals surface area contributed by atoms with Crippen LogP contribution in [0.1, 0.15) is 64.2 Å². The van der Waals surface area contributed by atoms with Gasteiger partial charge in [0.1, 0.15) is 0 Å². The first-order valence-corrected chi connectivity index (χ1v) is 16.6. The zero-order valence-electron chi connectivity index (χ0n) is 18.9. The summed E-state index contributed by atoms with van der Waals surface area (Å²) < 4.78 is 31.0. The molecule has 0 atom stereocenters. The fraction of sp³-hybridized carbons (Fsp3) is 1.00. The molecule has 0 aromatic carbocycles. The fourth-order valence-corrected chi connectivity index (χ4v) is 10.7. The number of unbranched alkanes of at least 4 members (excludes halogenated alkanes) is 5. The first kappa shape index (κ1) is 31.4. The van der Waals surface area contributed by atoms with Crippen LogP contribution in [0.3, 0.4) is 0 Å². The Kier molecular flexibility index (Phi) is 21.3. The van der Waals surface area contributed by atoms with Crippen LogP contribution in [-0.4, -0.2) is 111 Å². The second kappa shape index (κ2) is 21.0. The average molecular weight is 567 g/mol. The molecule has 0 saturated carbocycles. The molecule has 0 spiro atoms. The molecule has 0 amide bonds. The summed E-state index contributed by atoms with van der Waals surface area (Å²) in [6.07, 6.45) is 5.59. The molecule has 0 aliphatic heterocycles. The number of rotatable bonds is 25. The van der Waals surface area contributed by atoms with Gasteiger partial charge in [0.2, 0.25) is 0 Å². The van der Waals surface area contributed by atoms with Crippen molar-refractivity contribution >= 4 is 19.5 Å². The topological polar surface area (TPSA) is 147 Å². The Hall–Kier alpha value is 0.418. The van der Waals surface area contributed by atoms with E-state index in [1.54, 1.807) is 0 Å². The van der Waals surface area contributed by atoms with Gasteiger partial charge < -0.3 is 0 Å². The molecule has 0 aliphatic rings. The molecule has 0 unspecified atom stereocenters. The van der Waals surface area contributed by atoms with Gasteiger partial charge in [-0.1, -0.05) is 0 Å². The summed E-state index contributed by atoms with van der Waals surface area (Å²) in [6, 6.07) is 0. The van der Waals surface area contributed by atoms with Gasteiger partial charge in [-0.05, 0) is 0 Å². The summed E-state index contributed by atoms with van der Waals surface area (Å²) in [7, 11) is 0. The van der Waals surface area contributed by atoms with E-state index in [0.717, 1.165) is 0 Å². The van der Waals surface area contributed by atoms with E-state index in [0.29, 0.717) is 64.2 Å². The Morgan fingerprint density at radius 1 is 0.323 bits per heavy atom. The zero-order chi connectivity index (χ0) is 23.1. The number of aliphatic hydroxyl groups is 5. The van der Waals surface area contributed by atoms with Gasteiger partial charge in [-0.25, -0.2) is 0 Å². The molecule has 0 aromatic rings. The van der Waals surface area contributed by atoms with E-state index >= 15 is 0 Å². The zero-order valence-corrected chi connectivity index (χ0v) is 21.4. The predicted molar refractivity (Wildman–Crippen MR) is 117 cm³/mol. The molecule has 10 nitrogen and oxygen atoms in total. The van der Waals surface area contributed by atoms with Crippen LogP contribution in [0.15, 0.2) is 0 Å². The van der Waals surface area contributed by atoms with E-state index in [-0.39, 0.29) is 66.1 Å². The van der Waals surface area contributed by atoms with E-state index < -0.39 is 19.5 Å². The molecule has 0 radical (unpaired) electrons.